The molecule has 2 rings (SSSR count). The lowest BCUT2D eigenvalue weighted by atomic mass is 10.1. The summed E-state index contributed by atoms with van der Waals surface area (Å²) in [6.07, 6.45) is 2.13. The molecule has 1 aromatic carbocycles. The number of anilines is 2. The van der Waals surface area contributed by atoms with Crippen molar-refractivity contribution in [1.82, 2.24) is 9.55 Å². The topological polar surface area (TPSA) is 74.6 Å². The first-order valence-corrected chi connectivity index (χ1v) is 8.97. The first kappa shape index (κ1) is 21.2. The molecule has 0 saturated carbocycles. The molecule has 27 heavy (non-hydrogen) atoms. The van der Waals surface area contributed by atoms with Gasteiger partial charge in [0.1, 0.15) is 10.9 Å². The molecule has 1 aromatic heterocycles. The Labute approximate surface area is 164 Å². The smallest absolute Gasteiger partial charge is 0.294 e. The van der Waals surface area contributed by atoms with E-state index in [1.807, 2.05) is 26.0 Å². The van der Waals surface area contributed by atoms with E-state index in [9.17, 15) is 4.79 Å². The molecular weight excluding hydrogens is 370 g/mol. The van der Waals surface area contributed by atoms with Gasteiger partial charge in [-0.15, -0.1) is 0 Å². The molecule has 1 unspecified atom stereocenters. The normalized spacial score (nSPS) is 12.1. The van der Waals surface area contributed by atoms with Crippen LogP contribution in [0.25, 0.3) is 0 Å². The molecule has 1 atom stereocenters. The summed E-state index contributed by atoms with van der Waals surface area (Å²) in [6, 6.07) is 3.68. The zero-order valence-electron chi connectivity index (χ0n) is 16.3. The summed E-state index contributed by atoms with van der Waals surface area (Å²) >= 11 is 6.19. The summed E-state index contributed by atoms with van der Waals surface area (Å²) < 4.78 is 17.4. The average molecular weight is 396 g/mol. The van der Waals surface area contributed by atoms with Crippen LogP contribution >= 0.6 is 11.6 Å². The molecule has 1 heterocycles. The molecule has 148 valence electrons. The van der Waals surface area contributed by atoms with E-state index in [0.29, 0.717) is 31.1 Å². The number of hydrogen-bond acceptors (Lipinski definition) is 6. The Morgan fingerprint density at radius 1 is 1.22 bits per heavy atom. The minimum absolute atomic E-state index is 0.131. The van der Waals surface area contributed by atoms with Crippen molar-refractivity contribution in [2.45, 2.75) is 26.3 Å². The summed E-state index contributed by atoms with van der Waals surface area (Å²) in [6.45, 7) is 4.77. The Kier molecular flexibility index (Phi) is 7.65. The molecule has 1 N–H and O–H groups in total. The number of nitrogens with zero attached hydrogens (tertiary/aromatic N) is 2. The van der Waals surface area contributed by atoms with Gasteiger partial charge in [-0.05, 0) is 37.5 Å². The van der Waals surface area contributed by atoms with Gasteiger partial charge in [0.05, 0.1) is 25.4 Å². The molecule has 0 radical (unpaired) electrons. The number of nitrogens with one attached hydrogen (secondary N) is 1. The minimum Gasteiger partial charge on any atom is -0.495 e. The number of ether oxygens (including phenoxy) is 3. The molecule has 0 aliphatic carbocycles. The van der Waals surface area contributed by atoms with Gasteiger partial charge in [0.25, 0.3) is 5.56 Å². The lowest BCUT2D eigenvalue weighted by Gasteiger charge is -2.20. The zero-order valence-corrected chi connectivity index (χ0v) is 17.1. The Bertz CT molecular complexity index is 838. The molecule has 0 fully saturated rings. The molecule has 7 nitrogen and oxygen atoms in total. The lowest BCUT2D eigenvalue weighted by Crippen LogP contribution is -2.30. The number of methoxy groups -OCH3 is 3. The molecule has 2 aromatic rings. The van der Waals surface area contributed by atoms with E-state index in [-0.39, 0.29) is 22.6 Å². The first-order chi connectivity index (χ1) is 12.9. The molecule has 8 heteroatoms. The van der Waals surface area contributed by atoms with E-state index in [1.165, 1.54) is 10.8 Å². The number of rotatable bonds is 9. The van der Waals surface area contributed by atoms with Crippen molar-refractivity contribution >= 4 is 23.1 Å². The summed E-state index contributed by atoms with van der Waals surface area (Å²) in [5, 5.41) is 3.30. The van der Waals surface area contributed by atoms with Gasteiger partial charge in [-0.25, -0.2) is 4.98 Å². The number of hydrogen-bond donors (Lipinski definition) is 1. The fourth-order valence-corrected chi connectivity index (χ4v) is 3.14. The highest BCUT2D eigenvalue weighted by atomic mass is 35.5. The second kappa shape index (κ2) is 9.73. The molecule has 0 aliphatic heterocycles. The van der Waals surface area contributed by atoms with E-state index in [0.717, 1.165) is 11.1 Å². The molecule has 0 amide bonds. The van der Waals surface area contributed by atoms with Crippen molar-refractivity contribution < 1.29 is 14.2 Å². The summed E-state index contributed by atoms with van der Waals surface area (Å²) in [5.74, 6) is 0.763. The predicted molar refractivity (Wildman–Crippen MR) is 107 cm³/mol. The van der Waals surface area contributed by atoms with E-state index < -0.39 is 0 Å². The Morgan fingerprint density at radius 2 is 1.96 bits per heavy atom. The van der Waals surface area contributed by atoms with Crippen LogP contribution in [0.2, 0.25) is 5.15 Å². The Hall–Kier alpha value is -2.09. The second-order valence-corrected chi connectivity index (χ2v) is 6.69. The van der Waals surface area contributed by atoms with Crippen molar-refractivity contribution in [2.24, 2.45) is 0 Å². The average Bonchev–Trinajstić information content (AvgIpc) is 2.63. The van der Waals surface area contributed by atoms with Gasteiger partial charge in [0.15, 0.2) is 5.82 Å². The van der Waals surface area contributed by atoms with Gasteiger partial charge in [-0.2, -0.15) is 0 Å². The van der Waals surface area contributed by atoms with E-state index in [1.54, 1.807) is 21.3 Å². The summed E-state index contributed by atoms with van der Waals surface area (Å²) in [4.78, 5) is 17.2. The van der Waals surface area contributed by atoms with Crippen molar-refractivity contribution in [3.05, 3.63) is 45.0 Å². The van der Waals surface area contributed by atoms with Crippen LogP contribution in [0, 0.1) is 13.8 Å². The SMILES string of the molecule is COCCC(COC)n1cc(Cl)nc(Nc2c(C)cc(C)cc2OC)c1=O. The fraction of sp³-hybridized carbons (Fsp3) is 0.474. The van der Waals surface area contributed by atoms with E-state index in [4.69, 9.17) is 25.8 Å². The third-order valence-corrected chi connectivity index (χ3v) is 4.40. The van der Waals surface area contributed by atoms with Crippen LogP contribution in [0.1, 0.15) is 23.6 Å². The van der Waals surface area contributed by atoms with Crippen molar-refractivity contribution in [3.63, 3.8) is 0 Å². The standard InChI is InChI=1S/C19H26ClN3O4/c1-12-8-13(2)17(15(9-12)27-5)22-18-19(24)23(10-16(20)21-18)14(11-26-4)6-7-25-3/h8-10,14H,6-7,11H2,1-5H3,(H,21,22). The minimum atomic E-state index is -0.292. The highest BCUT2D eigenvalue weighted by Gasteiger charge is 2.18. The maximum absolute atomic E-state index is 13.0. The number of aromatic nitrogens is 2. The number of aryl methyl sites for hydroxylation is 2. The predicted octanol–water partition coefficient (Wildman–Crippen LogP) is 3.49. The maximum atomic E-state index is 13.0. The first-order valence-electron chi connectivity index (χ1n) is 8.60. The Morgan fingerprint density at radius 3 is 2.59 bits per heavy atom. The molecule has 0 saturated heterocycles. The molecular formula is C19H26ClN3O4. The highest BCUT2D eigenvalue weighted by Crippen LogP contribution is 2.31. The van der Waals surface area contributed by atoms with E-state index >= 15 is 0 Å². The van der Waals surface area contributed by atoms with Gasteiger partial charge in [0, 0.05) is 27.0 Å². The van der Waals surface area contributed by atoms with Crippen LogP contribution in [0.4, 0.5) is 11.5 Å². The summed E-state index contributed by atoms with van der Waals surface area (Å²) in [7, 11) is 4.79. The number of halogens is 1. The lowest BCUT2D eigenvalue weighted by molar-refractivity contribution is 0.119. The second-order valence-electron chi connectivity index (χ2n) is 6.30. The van der Waals surface area contributed by atoms with E-state index in [2.05, 4.69) is 10.3 Å². The van der Waals surface area contributed by atoms with Crippen LogP contribution in [0.3, 0.4) is 0 Å². The molecule has 0 bridgehead atoms. The van der Waals surface area contributed by atoms with Crippen LogP contribution in [-0.4, -0.2) is 44.1 Å². The highest BCUT2D eigenvalue weighted by molar-refractivity contribution is 6.29. The monoisotopic (exact) mass is 395 g/mol. The third-order valence-electron chi connectivity index (χ3n) is 4.22. The van der Waals surface area contributed by atoms with Gasteiger partial charge in [-0.3, -0.25) is 4.79 Å². The zero-order chi connectivity index (χ0) is 20.0. The van der Waals surface area contributed by atoms with Gasteiger partial charge in [0.2, 0.25) is 0 Å². The van der Waals surface area contributed by atoms with Crippen LogP contribution in [0.5, 0.6) is 5.75 Å². The van der Waals surface area contributed by atoms with Crippen molar-refractivity contribution in [2.75, 3.05) is 39.9 Å². The van der Waals surface area contributed by atoms with Crippen LogP contribution in [0.15, 0.2) is 23.1 Å². The fourth-order valence-electron chi connectivity index (χ4n) is 2.95. The maximum Gasteiger partial charge on any atom is 0.294 e. The number of benzene rings is 1. The largest absolute Gasteiger partial charge is 0.495 e. The van der Waals surface area contributed by atoms with Gasteiger partial charge >= 0.3 is 0 Å². The third kappa shape index (κ3) is 5.22. The van der Waals surface area contributed by atoms with Crippen molar-refractivity contribution in [3.8, 4) is 5.75 Å². The van der Waals surface area contributed by atoms with Crippen molar-refractivity contribution in [1.29, 1.82) is 0 Å². The molecule has 0 spiro atoms. The quantitative estimate of drug-likeness (QED) is 0.700. The van der Waals surface area contributed by atoms with Gasteiger partial charge in [-0.1, -0.05) is 17.7 Å². The van der Waals surface area contributed by atoms with Crippen LogP contribution in [-0.2, 0) is 9.47 Å². The van der Waals surface area contributed by atoms with Crippen LogP contribution < -0.4 is 15.6 Å². The summed E-state index contributed by atoms with van der Waals surface area (Å²) in [5.41, 5.74) is 2.39. The van der Waals surface area contributed by atoms with Gasteiger partial charge < -0.3 is 24.1 Å². The molecule has 0 aliphatic rings. The Balaban J connectivity index is 2.48.